The van der Waals surface area contributed by atoms with Crippen LogP contribution >= 0.6 is 19.4 Å². The van der Waals surface area contributed by atoms with Crippen LogP contribution in [0.15, 0.2) is 29.4 Å². The third-order valence-electron chi connectivity index (χ3n) is 20.2. The zero-order valence-electron chi connectivity index (χ0n) is 66.6. The Labute approximate surface area is 702 Å². The van der Waals surface area contributed by atoms with Gasteiger partial charge < -0.3 is 117 Å². The number of nitrogens with one attached hydrogen (secondary N) is 12. The molecule has 0 radical (unpaired) electrons. The van der Waals surface area contributed by atoms with Crippen LogP contribution in [0, 0.1) is 12.3 Å². The van der Waals surface area contributed by atoms with E-state index in [4.69, 9.17) is 34.9 Å². The maximum Gasteiger partial charge on any atom is 0.399 e. The number of carbonyl (C=O) groups excluding carboxylic acids is 17. The van der Waals surface area contributed by atoms with Crippen LogP contribution in [0.3, 0.4) is 0 Å². The minimum Gasteiger partial charge on any atom is -0.481 e. The molecule has 45 nitrogen and oxygen atoms in total. The first-order valence-electron chi connectivity index (χ1n) is 39.4. The van der Waals surface area contributed by atoms with Crippen LogP contribution in [-0.4, -0.2) is 259 Å². The van der Waals surface area contributed by atoms with Crippen molar-refractivity contribution in [2.45, 2.75) is 250 Å². The average Bonchev–Trinajstić information content (AvgIpc) is 1.03. The summed E-state index contributed by atoms with van der Waals surface area (Å²) in [7, 11) is -6.16. The predicted octanol–water partition coefficient (Wildman–Crippen LogP) is -4.04. The Morgan fingerprint density at radius 1 is 0.582 bits per heavy atom. The first kappa shape index (κ1) is 101. The molecule has 1 aromatic rings. The number of carbonyl (C=O) groups is 19. The van der Waals surface area contributed by atoms with Crippen LogP contribution in [0.25, 0.3) is 10.4 Å². The summed E-state index contributed by atoms with van der Waals surface area (Å²) >= 11 is 1.76. The molecule has 4 heterocycles. The average molecular weight is 1760 g/mol. The predicted molar refractivity (Wildman–Crippen MR) is 424 cm³/mol. The highest BCUT2D eigenvalue weighted by Gasteiger charge is 2.51. The van der Waals surface area contributed by atoms with Crippen molar-refractivity contribution in [1.29, 1.82) is 0 Å². The SMILES string of the molecule is C#CC[C@H](NC(=O)[C@H](CC(N)=O)NC(=O)[C@H](CCC(=O)O)NC(=O)CNC(=O)[C@@H]1CCCN1C(=O)[C@H](CCC(N)=O)NC(=O)[C@H](Cc1ccc(C(F)(F)P(=O)(O)O)cc1)NC(=O)[C@H](CCC(N)=O)NC(=O)[C@@H]1CCCN1C(=O)[C@H](CCC(=O)O)NC(=O)[C@H](CCCCNC(=O)CCCC[C@@H]1SC[C@@H]2NC(=O)N[C@@H]21)NC(=O)CCCCCN=[N+]=[N-])C(N)=O. The third-order valence-corrected chi connectivity index (χ3v) is 22.7. The van der Waals surface area contributed by atoms with E-state index in [1.165, 1.54) is 0 Å². The van der Waals surface area contributed by atoms with Gasteiger partial charge in [-0.2, -0.15) is 20.5 Å². The molecule has 4 fully saturated rings. The molecule has 0 unspecified atom stereocenters. The van der Waals surface area contributed by atoms with E-state index >= 15 is 0 Å². The molecule has 4 aliphatic heterocycles. The van der Waals surface area contributed by atoms with Gasteiger partial charge in [-0.25, -0.2) is 4.79 Å². The van der Waals surface area contributed by atoms with Gasteiger partial charge in [0, 0.05) is 99.0 Å². The van der Waals surface area contributed by atoms with E-state index in [9.17, 15) is 124 Å². The summed E-state index contributed by atoms with van der Waals surface area (Å²) in [5.41, 5.74) is 24.1. The van der Waals surface area contributed by atoms with Gasteiger partial charge in [0.25, 0.3) is 0 Å². The number of carboxylic acids is 2. The highest BCUT2D eigenvalue weighted by molar-refractivity contribution is 8.00. The molecule has 122 heavy (non-hydrogen) atoms. The van der Waals surface area contributed by atoms with Crippen molar-refractivity contribution in [3.63, 3.8) is 0 Å². The number of fused-ring (bicyclic) bond motifs is 1. The molecule has 24 N–H and O–H groups in total. The Hall–Kier alpha value is -11.8. The van der Waals surface area contributed by atoms with Gasteiger partial charge in [-0.05, 0) is 107 Å². The molecular weight excluding hydrogens is 1660 g/mol. The van der Waals surface area contributed by atoms with Gasteiger partial charge in [0.15, 0.2) is 0 Å². The van der Waals surface area contributed by atoms with E-state index in [1.807, 2.05) is 0 Å². The topological polar surface area (TPSA) is 726 Å². The van der Waals surface area contributed by atoms with Gasteiger partial charge in [-0.1, -0.05) is 42.2 Å². The van der Waals surface area contributed by atoms with Crippen molar-refractivity contribution in [3.8, 4) is 12.3 Å². The summed E-state index contributed by atoms with van der Waals surface area (Å²) in [5.74, 6) is -16.5. The maximum atomic E-state index is 15.0. The highest BCUT2D eigenvalue weighted by Crippen LogP contribution is 2.59. The molecule has 4 aliphatic rings. The molecule has 5 rings (SSSR count). The summed E-state index contributed by atoms with van der Waals surface area (Å²) in [6.45, 7) is -1.10. The number of azide groups is 1. The zero-order chi connectivity index (χ0) is 90.6. The lowest BCUT2D eigenvalue weighted by Crippen LogP contribution is -2.60. The molecule has 0 aliphatic carbocycles. The lowest BCUT2D eigenvalue weighted by atomic mass is 10.0. The number of alkyl halides is 2. The van der Waals surface area contributed by atoms with Gasteiger partial charge in [0.05, 0.1) is 25.0 Å². The molecule has 1 aromatic carbocycles. The molecule has 13 atom stereocenters. The van der Waals surface area contributed by atoms with Crippen LogP contribution in [0.5, 0.6) is 0 Å². The van der Waals surface area contributed by atoms with E-state index in [2.05, 4.69) is 79.7 Å². The highest BCUT2D eigenvalue weighted by atomic mass is 32.2. The second kappa shape index (κ2) is 49.8. The monoisotopic (exact) mass is 1760 g/mol. The fourth-order valence-electron chi connectivity index (χ4n) is 13.8. The van der Waals surface area contributed by atoms with Crippen molar-refractivity contribution >= 4 is 132 Å². The molecule has 18 amide bonds. The molecule has 0 aromatic heterocycles. The first-order valence-corrected chi connectivity index (χ1v) is 42.1. The second-order valence-electron chi connectivity index (χ2n) is 29.5. The number of nitrogens with zero attached hydrogens (tertiary/aromatic N) is 5. The standard InChI is InChI=1S/C73H106F2N21O24PS/c1-2-12-41(62(79)107)86-67(112)48(36-55(78)99)91-64(109)43(25-29-59(103)104)85-58(102)37-82-68(113)50-14-10-33-95(50)70(115)45(24-28-54(77)98)89-66(111)47(35-39-19-21-40(22-20-39)73(74,75)121(118,119)120)90-65(110)44(23-27-53(76)97)87-69(114)51-15-11-34-96(51)71(116)46(26-30-60(105)106)88-63(108)42(84-57(101)18-4-3-8-32-83-94-80)13-7-9-31-81-56(100)17-6-5-16-52-61-49(38-122-52)92-72(117)93-61/h1,19-22,41-52,61H,3-18,23-38H2,(H2,76,97)(H2,77,98)(H2,78,99)(H2,79,107)(H,81,100)(H,82,113)(H,84,101)(H,85,102)(H,86,112)(H,87,114)(H,88,108)(H,89,111)(H,90,110)(H,91,109)(H,103,104)(H,105,106)(H2,92,93,117)(H2,118,119,120)/t41-,42-,43-,44-,45-,46-,47-,48-,49-,50-,51-,52-,61-/m0/s1. The van der Waals surface area contributed by atoms with E-state index in [1.54, 1.807) is 11.8 Å². The second-order valence-corrected chi connectivity index (χ2v) is 32.4. The Morgan fingerprint density at radius 2 is 1.08 bits per heavy atom. The lowest BCUT2D eigenvalue weighted by Gasteiger charge is -2.31. The van der Waals surface area contributed by atoms with Crippen molar-refractivity contribution in [1.82, 2.24) is 73.6 Å². The number of hydrogen-bond donors (Lipinski definition) is 20. The summed E-state index contributed by atoms with van der Waals surface area (Å²) in [6.07, 6.45) is 1.66. The number of urea groups is 1. The van der Waals surface area contributed by atoms with E-state index in [0.29, 0.717) is 44.2 Å². The van der Waals surface area contributed by atoms with Gasteiger partial charge >= 0.3 is 31.2 Å². The zero-order valence-corrected chi connectivity index (χ0v) is 68.3. The van der Waals surface area contributed by atoms with E-state index in [-0.39, 0.29) is 112 Å². The van der Waals surface area contributed by atoms with Gasteiger partial charge in [-0.15, -0.1) is 12.3 Å². The van der Waals surface area contributed by atoms with Crippen LogP contribution in [0.4, 0.5) is 13.6 Å². The van der Waals surface area contributed by atoms with Gasteiger partial charge in [0.2, 0.25) is 94.5 Å². The van der Waals surface area contributed by atoms with E-state index < -0.39 is 257 Å². The van der Waals surface area contributed by atoms with Crippen LogP contribution in [0.1, 0.15) is 172 Å². The Kier molecular flexibility index (Phi) is 41.1. The Bertz CT molecular complexity index is 4140. The number of unbranched alkanes of at least 4 members (excludes halogenated alkanes) is 4. The quantitative estimate of drug-likeness (QED) is 0.00561. The van der Waals surface area contributed by atoms with Crippen molar-refractivity contribution in [2.75, 3.05) is 38.5 Å². The van der Waals surface area contributed by atoms with Crippen LogP contribution in [0.2, 0.25) is 0 Å². The number of aliphatic carboxylic acids is 2. The molecule has 4 saturated heterocycles. The number of benzene rings is 1. The number of nitrogens with two attached hydrogens (primary N) is 4. The minimum atomic E-state index is -6.16. The Morgan fingerprint density at radius 3 is 1.64 bits per heavy atom. The molecule has 0 spiro atoms. The smallest absolute Gasteiger partial charge is 0.399 e. The molecule has 672 valence electrons. The number of amides is 18. The number of halogens is 2. The number of thioether (sulfide) groups is 1. The van der Waals surface area contributed by atoms with Crippen LogP contribution in [-0.2, 0) is 103 Å². The minimum absolute atomic E-state index is 0.0184. The molecule has 0 saturated carbocycles. The van der Waals surface area contributed by atoms with Crippen molar-refractivity contribution in [3.05, 3.63) is 45.8 Å². The number of carboxylic acid groups (broad SMARTS) is 2. The van der Waals surface area contributed by atoms with Gasteiger partial charge in [0.1, 0.15) is 60.4 Å². The molecular formula is C73H106F2N21O24PS. The fourth-order valence-corrected chi connectivity index (χ4v) is 15.9. The molecule has 0 bridgehead atoms. The number of hydrogen-bond acceptors (Lipinski definition) is 22. The van der Waals surface area contributed by atoms with E-state index in [0.717, 1.165) is 40.5 Å². The lowest BCUT2D eigenvalue weighted by molar-refractivity contribution is -0.143. The largest absolute Gasteiger partial charge is 0.481 e. The van der Waals surface area contributed by atoms with Crippen molar-refractivity contribution < 1.29 is 124 Å². The normalized spacial score (nSPS) is 18.5. The maximum absolute atomic E-state index is 15.0. The third kappa shape index (κ3) is 33.3. The number of likely N-dealkylation sites (tertiary alicyclic amines) is 2. The number of terminal acetylenes is 1. The number of rotatable bonds is 55. The fraction of sp³-hybridized carbons (Fsp3) is 0.630. The molecule has 49 heteroatoms. The first-order chi connectivity index (χ1) is 57.6. The summed E-state index contributed by atoms with van der Waals surface area (Å²) in [6, 6.07) is -14.2. The summed E-state index contributed by atoms with van der Waals surface area (Å²) < 4.78 is 41.8. The van der Waals surface area contributed by atoms with Gasteiger partial charge in [-0.3, -0.25) is 90.9 Å². The van der Waals surface area contributed by atoms with Crippen LogP contribution < -0.4 is 86.7 Å². The number of primary amides is 4. The summed E-state index contributed by atoms with van der Waals surface area (Å²) in [5, 5.41) is 52.8. The van der Waals surface area contributed by atoms with Crippen molar-refractivity contribution in [2.24, 2.45) is 28.0 Å². The Balaban J connectivity index is 1.36. The summed E-state index contributed by atoms with van der Waals surface area (Å²) in [4.78, 5) is 277.